The predicted octanol–water partition coefficient (Wildman–Crippen LogP) is 3.78. The van der Waals surface area contributed by atoms with Crippen LogP contribution in [0.25, 0.3) is 21.7 Å². The van der Waals surface area contributed by atoms with Crippen LogP contribution in [0, 0.1) is 0 Å². The SMILES string of the molecule is O=C(Cn1c(-c2cccs2)nc2ccccc21)N1CCCCC1. The molecule has 5 heteroatoms. The summed E-state index contributed by atoms with van der Waals surface area (Å²) in [6.45, 7) is 2.15. The van der Waals surface area contributed by atoms with E-state index in [9.17, 15) is 4.79 Å². The third-order valence-corrected chi connectivity index (χ3v) is 5.26. The second-order valence-corrected chi connectivity index (χ2v) is 6.88. The van der Waals surface area contributed by atoms with Gasteiger partial charge < -0.3 is 9.47 Å². The summed E-state index contributed by atoms with van der Waals surface area (Å²) in [6, 6.07) is 12.1. The van der Waals surface area contributed by atoms with Crippen molar-refractivity contribution in [1.82, 2.24) is 14.5 Å². The van der Waals surface area contributed by atoms with Crippen LogP contribution in [0.2, 0.25) is 0 Å². The number of nitrogens with zero attached hydrogens (tertiary/aromatic N) is 3. The van der Waals surface area contributed by atoms with Crippen molar-refractivity contribution in [2.75, 3.05) is 13.1 Å². The first-order valence-corrected chi connectivity index (χ1v) is 8.98. The van der Waals surface area contributed by atoms with Gasteiger partial charge in [0.1, 0.15) is 6.54 Å². The van der Waals surface area contributed by atoms with Crippen molar-refractivity contribution in [3.8, 4) is 10.7 Å². The Morgan fingerprint density at radius 2 is 1.91 bits per heavy atom. The third kappa shape index (κ3) is 2.77. The molecule has 1 aromatic carbocycles. The molecule has 0 spiro atoms. The minimum atomic E-state index is 0.200. The number of para-hydroxylation sites is 2. The Bertz CT molecular complexity index is 816. The van der Waals surface area contributed by atoms with Crippen molar-refractivity contribution in [2.45, 2.75) is 25.8 Å². The normalized spacial score (nSPS) is 15.2. The molecule has 4 nitrogen and oxygen atoms in total. The zero-order valence-electron chi connectivity index (χ0n) is 12.9. The van der Waals surface area contributed by atoms with Crippen LogP contribution in [0.5, 0.6) is 0 Å². The smallest absolute Gasteiger partial charge is 0.242 e. The molecule has 0 radical (unpaired) electrons. The highest BCUT2D eigenvalue weighted by Gasteiger charge is 2.20. The first-order chi connectivity index (χ1) is 11.3. The number of fused-ring (bicyclic) bond motifs is 1. The molecular formula is C18H19N3OS. The lowest BCUT2D eigenvalue weighted by Crippen LogP contribution is -2.37. The van der Waals surface area contributed by atoms with Gasteiger partial charge in [-0.05, 0) is 42.8 Å². The van der Waals surface area contributed by atoms with Gasteiger partial charge in [0.25, 0.3) is 0 Å². The van der Waals surface area contributed by atoms with Crippen LogP contribution in [0.4, 0.5) is 0 Å². The molecule has 0 saturated carbocycles. The topological polar surface area (TPSA) is 38.1 Å². The van der Waals surface area contributed by atoms with E-state index in [0.717, 1.165) is 47.7 Å². The lowest BCUT2D eigenvalue weighted by atomic mass is 10.1. The summed E-state index contributed by atoms with van der Waals surface area (Å²) in [4.78, 5) is 20.6. The molecule has 3 aromatic rings. The van der Waals surface area contributed by atoms with E-state index in [2.05, 4.69) is 10.6 Å². The molecule has 0 unspecified atom stereocenters. The quantitative estimate of drug-likeness (QED) is 0.735. The van der Waals surface area contributed by atoms with Crippen molar-refractivity contribution in [1.29, 1.82) is 0 Å². The number of amides is 1. The Hall–Kier alpha value is -2.14. The number of benzene rings is 1. The predicted molar refractivity (Wildman–Crippen MR) is 93.5 cm³/mol. The molecule has 1 aliphatic heterocycles. The van der Waals surface area contributed by atoms with E-state index in [1.54, 1.807) is 11.3 Å². The molecule has 1 fully saturated rings. The molecule has 23 heavy (non-hydrogen) atoms. The van der Waals surface area contributed by atoms with Gasteiger partial charge in [0, 0.05) is 13.1 Å². The fourth-order valence-corrected chi connectivity index (χ4v) is 3.93. The Kier molecular flexibility index (Phi) is 3.87. The minimum absolute atomic E-state index is 0.200. The van der Waals surface area contributed by atoms with Crippen molar-refractivity contribution in [3.05, 3.63) is 41.8 Å². The maximum atomic E-state index is 12.7. The molecule has 1 saturated heterocycles. The fourth-order valence-electron chi connectivity index (χ4n) is 3.21. The van der Waals surface area contributed by atoms with Crippen molar-refractivity contribution in [2.24, 2.45) is 0 Å². The number of thiophene rings is 1. The van der Waals surface area contributed by atoms with E-state index in [1.807, 2.05) is 40.6 Å². The molecule has 118 valence electrons. The number of carbonyl (C=O) groups is 1. The highest BCUT2D eigenvalue weighted by molar-refractivity contribution is 7.13. The summed E-state index contributed by atoms with van der Waals surface area (Å²) in [5.41, 5.74) is 1.98. The summed E-state index contributed by atoms with van der Waals surface area (Å²) < 4.78 is 2.07. The number of hydrogen-bond donors (Lipinski definition) is 0. The molecule has 3 heterocycles. The maximum absolute atomic E-state index is 12.7. The van der Waals surface area contributed by atoms with Gasteiger partial charge in [-0.25, -0.2) is 4.98 Å². The Morgan fingerprint density at radius 1 is 1.09 bits per heavy atom. The monoisotopic (exact) mass is 325 g/mol. The highest BCUT2D eigenvalue weighted by Crippen LogP contribution is 2.28. The van der Waals surface area contributed by atoms with Gasteiger partial charge >= 0.3 is 0 Å². The molecular weight excluding hydrogens is 306 g/mol. The molecule has 0 N–H and O–H groups in total. The maximum Gasteiger partial charge on any atom is 0.242 e. The van der Waals surface area contributed by atoms with Gasteiger partial charge in [0.2, 0.25) is 5.91 Å². The van der Waals surface area contributed by atoms with E-state index in [0.29, 0.717) is 6.54 Å². The molecule has 0 bridgehead atoms. The average Bonchev–Trinajstić information content (AvgIpc) is 3.24. The molecule has 0 atom stereocenters. The summed E-state index contributed by atoms with van der Waals surface area (Å²) in [6.07, 6.45) is 3.47. The van der Waals surface area contributed by atoms with Crippen LogP contribution >= 0.6 is 11.3 Å². The minimum Gasteiger partial charge on any atom is -0.341 e. The molecule has 1 aliphatic rings. The fraction of sp³-hybridized carbons (Fsp3) is 0.333. The Labute approximate surface area is 139 Å². The van der Waals surface area contributed by atoms with Gasteiger partial charge in [-0.1, -0.05) is 18.2 Å². The summed E-state index contributed by atoms with van der Waals surface area (Å²) in [5, 5.41) is 2.05. The van der Waals surface area contributed by atoms with E-state index < -0.39 is 0 Å². The van der Waals surface area contributed by atoms with Crippen molar-refractivity contribution >= 4 is 28.3 Å². The molecule has 0 aliphatic carbocycles. The van der Waals surface area contributed by atoms with Gasteiger partial charge in [0.15, 0.2) is 5.82 Å². The summed E-state index contributed by atoms with van der Waals surface area (Å²) in [7, 11) is 0. The van der Waals surface area contributed by atoms with Crippen LogP contribution in [0.1, 0.15) is 19.3 Å². The first kappa shape index (κ1) is 14.5. The van der Waals surface area contributed by atoms with Gasteiger partial charge in [-0.2, -0.15) is 0 Å². The van der Waals surface area contributed by atoms with Gasteiger partial charge in [-0.15, -0.1) is 11.3 Å². The van der Waals surface area contributed by atoms with E-state index in [-0.39, 0.29) is 5.91 Å². The zero-order chi connectivity index (χ0) is 15.6. The number of hydrogen-bond acceptors (Lipinski definition) is 3. The molecule has 4 rings (SSSR count). The van der Waals surface area contributed by atoms with E-state index in [1.165, 1.54) is 6.42 Å². The lowest BCUT2D eigenvalue weighted by molar-refractivity contribution is -0.132. The third-order valence-electron chi connectivity index (χ3n) is 4.40. The van der Waals surface area contributed by atoms with E-state index in [4.69, 9.17) is 4.98 Å². The second-order valence-electron chi connectivity index (χ2n) is 5.93. The van der Waals surface area contributed by atoms with Crippen LogP contribution in [0.3, 0.4) is 0 Å². The first-order valence-electron chi connectivity index (χ1n) is 8.10. The summed E-state index contributed by atoms with van der Waals surface area (Å²) >= 11 is 1.66. The van der Waals surface area contributed by atoms with Crippen LogP contribution in [-0.2, 0) is 11.3 Å². The number of aromatic nitrogens is 2. The number of rotatable bonds is 3. The largest absolute Gasteiger partial charge is 0.341 e. The zero-order valence-corrected chi connectivity index (χ0v) is 13.8. The second kappa shape index (κ2) is 6.16. The standard InChI is InChI=1S/C18H19N3OS/c22-17(20-10-4-1-5-11-20)13-21-15-8-3-2-7-14(15)19-18(21)16-9-6-12-23-16/h2-3,6-9,12H,1,4-5,10-11,13H2. The Balaban J connectivity index is 1.72. The van der Waals surface area contributed by atoms with Crippen molar-refractivity contribution in [3.63, 3.8) is 0 Å². The van der Waals surface area contributed by atoms with Gasteiger partial charge in [-0.3, -0.25) is 4.79 Å². The average molecular weight is 325 g/mol. The highest BCUT2D eigenvalue weighted by atomic mass is 32.1. The summed E-state index contributed by atoms with van der Waals surface area (Å²) in [5.74, 6) is 1.09. The van der Waals surface area contributed by atoms with Crippen molar-refractivity contribution < 1.29 is 4.79 Å². The molecule has 2 aromatic heterocycles. The van der Waals surface area contributed by atoms with Crippen LogP contribution in [0.15, 0.2) is 41.8 Å². The number of piperidine rings is 1. The number of likely N-dealkylation sites (tertiary alicyclic amines) is 1. The lowest BCUT2D eigenvalue weighted by Gasteiger charge is -2.27. The number of imidazole rings is 1. The Morgan fingerprint density at radius 3 is 2.70 bits per heavy atom. The number of carbonyl (C=O) groups excluding carboxylic acids is 1. The van der Waals surface area contributed by atoms with Crippen LogP contribution in [-0.4, -0.2) is 33.4 Å². The molecule has 1 amide bonds. The van der Waals surface area contributed by atoms with Gasteiger partial charge in [0.05, 0.1) is 15.9 Å². The van der Waals surface area contributed by atoms with Crippen LogP contribution < -0.4 is 0 Å². The van der Waals surface area contributed by atoms with E-state index >= 15 is 0 Å².